The van der Waals surface area contributed by atoms with E-state index in [4.69, 9.17) is 0 Å². The van der Waals surface area contributed by atoms with E-state index in [9.17, 15) is 9.59 Å². The van der Waals surface area contributed by atoms with E-state index < -0.39 is 0 Å². The molecule has 0 aliphatic carbocycles. The third kappa shape index (κ3) is 7.11. The molecule has 3 amide bonds. The number of piperidine rings is 1. The molecule has 2 fully saturated rings. The van der Waals surface area contributed by atoms with E-state index in [2.05, 4.69) is 27.4 Å². The van der Waals surface area contributed by atoms with Crippen LogP contribution in [0.5, 0.6) is 0 Å². The first-order chi connectivity index (χ1) is 12.6. The lowest BCUT2D eigenvalue weighted by Crippen LogP contribution is -2.49. The maximum absolute atomic E-state index is 12.0. The van der Waals surface area contributed by atoms with Gasteiger partial charge in [0, 0.05) is 58.3 Å². The summed E-state index contributed by atoms with van der Waals surface area (Å²) in [5, 5.41) is 6.02. The molecule has 0 radical (unpaired) electrons. The van der Waals surface area contributed by atoms with Crippen molar-refractivity contribution in [1.29, 1.82) is 0 Å². The minimum atomic E-state index is -0.0713. The number of hydrogen-bond acceptors (Lipinski definition) is 4. The molecule has 0 aromatic heterocycles. The maximum atomic E-state index is 12.0. The number of hydrogen-bond donors (Lipinski definition) is 2. The summed E-state index contributed by atoms with van der Waals surface area (Å²) in [6.45, 7) is 13.2. The highest BCUT2D eigenvalue weighted by Gasteiger charge is 2.22. The molecule has 26 heavy (non-hydrogen) atoms. The minimum absolute atomic E-state index is 0.0713. The van der Waals surface area contributed by atoms with Crippen molar-refractivity contribution >= 4 is 11.9 Å². The van der Waals surface area contributed by atoms with Gasteiger partial charge in [0.1, 0.15) is 0 Å². The summed E-state index contributed by atoms with van der Waals surface area (Å²) in [6, 6.07) is 0.112. The number of carbonyl (C=O) groups excluding carboxylic acids is 2. The molecule has 7 nitrogen and oxygen atoms in total. The van der Waals surface area contributed by atoms with Crippen molar-refractivity contribution < 1.29 is 9.59 Å². The van der Waals surface area contributed by atoms with Crippen molar-refractivity contribution in [2.24, 2.45) is 0 Å². The number of rotatable bonds is 8. The predicted molar refractivity (Wildman–Crippen MR) is 104 cm³/mol. The quantitative estimate of drug-likeness (QED) is 0.631. The summed E-state index contributed by atoms with van der Waals surface area (Å²) in [5.74, 6) is 0.212. The monoisotopic (exact) mass is 367 g/mol. The van der Waals surface area contributed by atoms with Crippen molar-refractivity contribution in [2.75, 3.05) is 58.9 Å². The van der Waals surface area contributed by atoms with Gasteiger partial charge in [-0.2, -0.15) is 0 Å². The molecular weight excluding hydrogens is 330 g/mol. The third-order valence-corrected chi connectivity index (χ3v) is 5.43. The molecule has 2 saturated heterocycles. The summed E-state index contributed by atoms with van der Waals surface area (Å²) < 4.78 is 0. The zero-order chi connectivity index (χ0) is 18.8. The van der Waals surface area contributed by atoms with Crippen LogP contribution in [0.2, 0.25) is 0 Å². The molecule has 7 heteroatoms. The molecule has 0 spiro atoms. The van der Waals surface area contributed by atoms with Gasteiger partial charge in [0.2, 0.25) is 5.91 Å². The maximum Gasteiger partial charge on any atom is 0.315 e. The van der Waals surface area contributed by atoms with Crippen molar-refractivity contribution in [3.8, 4) is 0 Å². The van der Waals surface area contributed by atoms with E-state index in [1.54, 1.807) is 0 Å². The van der Waals surface area contributed by atoms with Gasteiger partial charge < -0.3 is 25.3 Å². The lowest BCUT2D eigenvalue weighted by molar-refractivity contribution is -0.131. The van der Waals surface area contributed by atoms with Gasteiger partial charge in [-0.3, -0.25) is 4.79 Å². The van der Waals surface area contributed by atoms with Crippen LogP contribution in [0.15, 0.2) is 0 Å². The lowest BCUT2D eigenvalue weighted by Gasteiger charge is -2.34. The zero-order valence-corrected chi connectivity index (χ0v) is 16.6. The first-order valence-electron chi connectivity index (χ1n) is 10.4. The second kappa shape index (κ2) is 11.4. The average Bonchev–Trinajstić information content (AvgIpc) is 2.67. The topological polar surface area (TPSA) is 67.9 Å². The first-order valence-corrected chi connectivity index (χ1v) is 10.4. The molecule has 2 aliphatic rings. The number of piperazine rings is 1. The van der Waals surface area contributed by atoms with Gasteiger partial charge in [-0.15, -0.1) is 0 Å². The van der Waals surface area contributed by atoms with E-state index in [1.165, 1.54) is 26.1 Å². The third-order valence-electron chi connectivity index (χ3n) is 5.43. The van der Waals surface area contributed by atoms with E-state index in [1.807, 2.05) is 11.8 Å². The molecule has 2 heterocycles. The second-order valence-electron chi connectivity index (χ2n) is 7.45. The Morgan fingerprint density at radius 1 is 0.923 bits per heavy atom. The Hall–Kier alpha value is -1.34. The molecule has 150 valence electrons. The number of amides is 3. The van der Waals surface area contributed by atoms with Crippen LogP contribution in [-0.2, 0) is 4.79 Å². The molecule has 0 aromatic carbocycles. The summed E-state index contributed by atoms with van der Waals surface area (Å²) in [7, 11) is 0. The Balaban J connectivity index is 1.50. The highest BCUT2D eigenvalue weighted by Crippen LogP contribution is 2.11. The normalized spacial score (nSPS) is 20.2. The van der Waals surface area contributed by atoms with E-state index in [0.29, 0.717) is 13.0 Å². The van der Waals surface area contributed by atoms with Crippen LogP contribution < -0.4 is 10.6 Å². The van der Waals surface area contributed by atoms with Crippen LogP contribution >= 0.6 is 0 Å². The Kier molecular flexibility index (Phi) is 9.18. The zero-order valence-electron chi connectivity index (χ0n) is 16.6. The molecule has 2 aliphatic heterocycles. The molecule has 0 saturated carbocycles. The standard InChI is InChI=1S/C19H37N5O2/c1-3-9-22-13-15-23(16-14-22)10-5-8-20-19(26)21-17-6-11-24(12-7-17)18(25)4-2/h17H,3-16H2,1-2H3,(H2,20,21,26). The predicted octanol–water partition coefficient (Wildman–Crippen LogP) is 1.10. The Labute approximate surface area is 158 Å². The van der Waals surface area contributed by atoms with Crippen LogP contribution in [0, 0.1) is 0 Å². The highest BCUT2D eigenvalue weighted by molar-refractivity contribution is 5.76. The first kappa shape index (κ1) is 21.0. The number of nitrogens with one attached hydrogen (secondary N) is 2. The van der Waals surface area contributed by atoms with E-state index >= 15 is 0 Å². The van der Waals surface area contributed by atoms with Gasteiger partial charge in [0.05, 0.1) is 0 Å². The van der Waals surface area contributed by atoms with Gasteiger partial charge in [-0.25, -0.2) is 4.79 Å². The van der Waals surface area contributed by atoms with Gasteiger partial charge in [-0.1, -0.05) is 13.8 Å². The van der Waals surface area contributed by atoms with Gasteiger partial charge in [0.25, 0.3) is 0 Å². The largest absolute Gasteiger partial charge is 0.343 e. The summed E-state index contributed by atoms with van der Waals surface area (Å²) in [6.07, 6.45) is 4.48. The van der Waals surface area contributed by atoms with Crippen molar-refractivity contribution in [3.05, 3.63) is 0 Å². The SMILES string of the molecule is CCCN1CCN(CCCNC(=O)NC2CCN(C(=O)CC)CC2)CC1. The van der Waals surface area contributed by atoms with Crippen LogP contribution in [0.1, 0.15) is 46.0 Å². The Bertz CT molecular complexity index is 430. The second-order valence-corrected chi connectivity index (χ2v) is 7.45. The number of urea groups is 1. The molecule has 2 rings (SSSR count). The lowest BCUT2D eigenvalue weighted by atomic mass is 10.1. The van der Waals surface area contributed by atoms with Crippen LogP contribution in [-0.4, -0.2) is 91.6 Å². The van der Waals surface area contributed by atoms with Crippen molar-refractivity contribution in [2.45, 2.75) is 52.0 Å². The van der Waals surface area contributed by atoms with E-state index in [0.717, 1.165) is 52.0 Å². The molecule has 0 aromatic rings. The van der Waals surface area contributed by atoms with Crippen molar-refractivity contribution in [1.82, 2.24) is 25.3 Å². The van der Waals surface area contributed by atoms with Crippen molar-refractivity contribution in [3.63, 3.8) is 0 Å². The van der Waals surface area contributed by atoms with Crippen LogP contribution in [0.3, 0.4) is 0 Å². The highest BCUT2D eigenvalue weighted by atomic mass is 16.2. The van der Waals surface area contributed by atoms with Gasteiger partial charge in [0.15, 0.2) is 0 Å². The Morgan fingerprint density at radius 2 is 1.54 bits per heavy atom. The molecule has 0 bridgehead atoms. The smallest absolute Gasteiger partial charge is 0.315 e. The molecule has 2 N–H and O–H groups in total. The fourth-order valence-electron chi connectivity index (χ4n) is 3.79. The Morgan fingerprint density at radius 3 is 2.12 bits per heavy atom. The fourth-order valence-corrected chi connectivity index (χ4v) is 3.79. The summed E-state index contributed by atoms with van der Waals surface area (Å²) in [4.78, 5) is 30.6. The molecule has 0 atom stereocenters. The summed E-state index contributed by atoms with van der Waals surface area (Å²) >= 11 is 0. The van der Waals surface area contributed by atoms with Gasteiger partial charge in [-0.05, 0) is 38.8 Å². The van der Waals surface area contributed by atoms with Crippen LogP contribution in [0.25, 0.3) is 0 Å². The van der Waals surface area contributed by atoms with E-state index in [-0.39, 0.29) is 18.0 Å². The number of nitrogens with zero attached hydrogens (tertiary/aromatic N) is 3. The number of likely N-dealkylation sites (tertiary alicyclic amines) is 1. The number of carbonyl (C=O) groups is 2. The fraction of sp³-hybridized carbons (Fsp3) is 0.895. The molecular formula is C19H37N5O2. The van der Waals surface area contributed by atoms with Gasteiger partial charge >= 0.3 is 6.03 Å². The minimum Gasteiger partial charge on any atom is -0.343 e. The summed E-state index contributed by atoms with van der Waals surface area (Å²) in [5.41, 5.74) is 0. The average molecular weight is 368 g/mol. The molecule has 0 unspecified atom stereocenters. The van der Waals surface area contributed by atoms with Crippen LogP contribution in [0.4, 0.5) is 4.79 Å².